The summed E-state index contributed by atoms with van der Waals surface area (Å²) in [5.74, 6) is 0.612. The lowest BCUT2D eigenvalue weighted by atomic mass is 9.84. The quantitative estimate of drug-likeness (QED) is 0.836. The zero-order valence-electron chi connectivity index (χ0n) is 12.1. The van der Waals surface area contributed by atoms with Crippen molar-refractivity contribution in [3.05, 3.63) is 29.8 Å². The highest BCUT2D eigenvalue weighted by Gasteiger charge is 2.31. The summed E-state index contributed by atoms with van der Waals surface area (Å²) in [6.45, 7) is 5.47. The summed E-state index contributed by atoms with van der Waals surface area (Å²) < 4.78 is 0. The van der Waals surface area contributed by atoms with Crippen LogP contribution in [0.4, 0.5) is 0 Å². The molecule has 19 heavy (non-hydrogen) atoms. The molecule has 1 aromatic carbocycles. The fourth-order valence-corrected chi connectivity index (χ4v) is 3.63. The van der Waals surface area contributed by atoms with Crippen LogP contribution in [-0.2, 0) is 0 Å². The molecule has 0 bridgehead atoms. The van der Waals surface area contributed by atoms with E-state index in [2.05, 4.69) is 42.3 Å². The van der Waals surface area contributed by atoms with Crippen molar-refractivity contribution >= 4 is 11.8 Å². The first-order valence-electron chi connectivity index (χ1n) is 7.38. The molecule has 1 fully saturated rings. The van der Waals surface area contributed by atoms with Crippen LogP contribution in [0.3, 0.4) is 0 Å². The van der Waals surface area contributed by atoms with E-state index in [0.29, 0.717) is 12.0 Å². The Morgan fingerprint density at radius 2 is 2.05 bits per heavy atom. The van der Waals surface area contributed by atoms with Gasteiger partial charge in [-0.25, -0.2) is 0 Å². The Kier molecular flexibility index (Phi) is 5.74. The molecular formula is C16H26N2S. The Morgan fingerprint density at radius 1 is 1.32 bits per heavy atom. The van der Waals surface area contributed by atoms with Crippen LogP contribution in [0, 0.1) is 5.92 Å². The first kappa shape index (κ1) is 14.9. The predicted molar refractivity (Wildman–Crippen MR) is 84.6 cm³/mol. The second-order valence-electron chi connectivity index (χ2n) is 5.39. The van der Waals surface area contributed by atoms with E-state index in [-0.39, 0.29) is 0 Å². The molecule has 1 heterocycles. The smallest absolute Gasteiger partial charge is 0.0388 e. The van der Waals surface area contributed by atoms with Gasteiger partial charge in [0, 0.05) is 10.9 Å². The molecule has 0 amide bonds. The standard InChI is InChI=1S/C16H26N2S/c1-3-10-18-11-4-5-14(12-17)16(18)13-6-8-15(19-2)9-7-13/h6-9,14,16H,3-5,10-12,17H2,1-2H3. The third kappa shape index (κ3) is 3.53. The van der Waals surface area contributed by atoms with Crippen LogP contribution in [0.25, 0.3) is 0 Å². The van der Waals surface area contributed by atoms with Crippen molar-refractivity contribution in [2.45, 2.75) is 37.1 Å². The molecule has 0 spiro atoms. The van der Waals surface area contributed by atoms with Crippen molar-refractivity contribution in [2.24, 2.45) is 11.7 Å². The number of hydrogen-bond acceptors (Lipinski definition) is 3. The minimum Gasteiger partial charge on any atom is -0.330 e. The van der Waals surface area contributed by atoms with E-state index >= 15 is 0 Å². The maximum Gasteiger partial charge on any atom is 0.0388 e. The van der Waals surface area contributed by atoms with Crippen molar-refractivity contribution in [1.82, 2.24) is 4.90 Å². The number of hydrogen-bond donors (Lipinski definition) is 1. The highest BCUT2D eigenvalue weighted by atomic mass is 32.2. The normalized spacial score (nSPS) is 24.6. The fourth-order valence-electron chi connectivity index (χ4n) is 3.22. The van der Waals surface area contributed by atoms with Gasteiger partial charge < -0.3 is 5.73 Å². The molecule has 0 aliphatic carbocycles. The number of nitrogens with zero attached hydrogens (tertiary/aromatic N) is 1. The molecule has 0 saturated carbocycles. The SMILES string of the molecule is CCCN1CCCC(CN)C1c1ccc(SC)cc1. The Balaban J connectivity index is 2.22. The lowest BCUT2D eigenvalue weighted by Crippen LogP contribution is -2.41. The molecular weight excluding hydrogens is 252 g/mol. The Morgan fingerprint density at radius 3 is 2.63 bits per heavy atom. The number of benzene rings is 1. The molecule has 1 aromatic rings. The van der Waals surface area contributed by atoms with E-state index in [1.54, 1.807) is 11.8 Å². The van der Waals surface area contributed by atoms with Gasteiger partial charge in [0.25, 0.3) is 0 Å². The Bertz CT molecular complexity index is 375. The van der Waals surface area contributed by atoms with Gasteiger partial charge in [-0.2, -0.15) is 0 Å². The summed E-state index contributed by atoms with van der Waals surface area (Å²) in [4.78, 5) is 3.97. The minimum atomic E-state index is 0.523. The lowest BCUT2D eigenvalue weighted by Gasteiger charge is -2.41. The number of nitrogens with two attached hydrogens (primary N) is 1. The molecule has 106 valence electrons. The van der Waals surface area contributed by atoms with Crippen molar-refractivity contribution < 1.29 is 0 Å². The average molecular weight is 278 g/mol. The zero-order valence-corrected chi connectivity index (χ0v) is 13.0. The summed E-state index contributed by atoms with van der Waals surface area (Å²) in [5.41, 5.74) is 7.46. The number of thioether (sulfide) groups is 1. The largest absolute Gasteiger partial charge is 0.330 e. The first-order valence-corrected chi connectivity index (χ1v) is 8.60. The molecule has 2 nitrogen and oxygen atoms in total. The third-order valence-corrected chi connectivity index (χ3v) is 4.87. The summed E-state index contributed by atoms with van der Waals surface area (Å²) in [6, 6.07) is 9.61. The Labute approximate surface area is 121 Å². The lowest BCUT2D eigenvalue weighted by molar-refractivity contribution is 0.0960. The van der Waals surface area contributed by atoms with Crippen LogP contribution in [0.1, 0.15) is 37.8 Å². The molecule has 1 saturated heterocycles. The van der Waals surface area contributed by atoms with E-state index in [4.69, 9.17) is 5.73 Å². The predicted octanol–water partition coefficient (Wildman–Crippen LogP) is 3.53. The van der Waals surface area contributed by atoms with Gasteiger partial charge in [0.2, 0.25) is 0 Å². The van der Waals surface area contributed by atoms with Crippen molar-refractivity contribution in [1.29, 1.82) is 0 Å². The molecule has 2 atom stereocenters. The summed E-state index contributed by atoms with van der Waals surface area (Å²) in [7, 11) is 0. The van der Waals surface area contributed by atoms with Crippen LogP contribution >= 0.6 is 11.8 Å². The zero-order chi connectivity index (χ0) is 13.7. The molecule has 3 heteroatoms. The van der Waals surface area contributed by atoms with Gasteiger partial charge in [-0.3, -0.25) is 4.90 Å². The van der Waals surface area contributed by atoms with Crippen molar-refractivity contribution in [3.63, 3.8) is 0 Å². The molecule has 2 N–H and O–H groups in total. The van der Waals surface area contributed by atoms with Gasteiger partial charge in [0.15, 0.2) is 0 Å². The molecule has 0 radical (unpaired) electrons. The summed E-state index contributed by atoms with van der Waals surface area (Å²) in [6.07, 6.45) is 5.91. The highest BCUT2D eigenvalue weighted by molar-refractivity contribution is 7.98. The van der Waals surface area contributed by atoms with Gasteiger partial charge in [-0.1, -0.05) is 19.1 Å². The topological polar surface area (TPSA) is 29.3 Å². The van der Waals surface area contributed by atoms with Gasteiger partial charge in [0.1, 0.15) is 0 Å². The molecule has 0 aromatic heterocycles. The van der Waals surface area contributed by atoms with Crippen LogP contribution in [0.2, 0.25) is 0 Å². The van der Waals surface area contributed by atoms with Crippen molar-refractivity contribution in [3.8, 4) is 0 Å². The van der Waals surface area contributed by atoms with E-state index in [1.807, 2.05) is 0 Å². The van der Waals surface area contributed by atoms with Crippen LogP contribution in [0.15, 0.2) is 29.2 Å². The second-order valence-corrected chi connectivity index (χ2v) is 6.27. The summed E-state index contributed by atoms with van der Waals surface area (Å²) in [5, 5.41) is 0. The molecule has 2 unspecified atom stereocenters. The monoisotopic (exact) mass is 278 g/mol. The van der Waals surface area contributed by atoms with Gasteiger partial charge in [-0.05, 0) is 68.8 Å². The Hall–Kier alpha value is -0.510. The van der Waals surface area contributed by atoms with E-state index in [9.17, 15) is 0 Å². The third-order valence-electron chi connectivity index (χ3n) is 4.13. The van der Waals surface area contributed by atoms with E-state index in [1.165, 1.54) is 42.8 Å². The van der Waals surface area contributed by atoms with Crippen molar-refractivity contribution in [2.75, 3.05) is 25.9 Å². The number of rotatable bonds is 5. The molecule has 1 aliphatic heterocycles. The average Bonchev–Trinajstić information content (AvgIpc) is 2.47. The molecule has 2 rings (SSSR count). The first-order chi connectivity index (χ1) is 9.30. The van der Waals surface area contributed by atoms with Gasteiger partial charge in [0.05, 0.1) is 0 Å². The number of piperidine rings is 1. The summed E-state index contributed by atoms with van der Waals surface area (Å²) >= 11 is 1.80. The van der Waals surface area contributed by atoms with Crippen LogP contribution < -0.4 is 5.73 Å². The molecule has 1 aliphatic rings. The number of likely N-dealkylation sites (tertiary alicyclic amines) is 1. The van der Waals surface area contributed by atoms with Gasteiger partial charge in [-0.15, -0.1) is 11.8 Å². The highest BCUT2D eigenvalue weighted by Crippen LogP contribution is 2.36. The van der Waals surface area contributed by atoms with E-state index in [0.717, 1.165) is 6.54 Å². The fraction of sp³-hybridized carbons (Fsp3) is 0.625. The maximum atomic E-state index is 6.01. The maximum absolute atomic E-state index is 6.01. The van der Waals surface area contributed by atoms with E-state index < -0.39 is 0 Å². The second kappa shape index (κ2) is 7.32. The van der Waals surface area contributed by atoms with Crippen LogP contribution in [-0.4, -0.2) is 30.8 Å². The van der Waals surface area contributed by atoms with Crippen LogP contribution in [0.5, 0.6) is 0 Å². The minimum absolute atomic E-state index is 0.523. The van der Waals surface area contributed by atoms with Gasteiger partial charge >= 0.3 is 0 Å².